The minimum absolute atomic E-state index is 0. The Morgan fingerprint density at radius 1 is 1.11 bits per heavy atom. The van der Waals surface area contributed by atoms with E-state index >= 15 is 0 Å². The van der Waals surface area contributed by atoms with Gasteiger partial charge in [-0.05, 0) is 17.0 Å². The first kappa shape index (κ1) is 15.6. The summed E-state index contributed by atoms with van der Waals surface area (Å²) < 4.78 is 26.8. The zero-order chi connectivity index (χ0) is 13.3. The fourth-order valence-corrected chi connectivity index (χ4v) is 1.90. The number of phenols is 1. The number of phenolic OH excluding ortho intramolecular Hbond substituents is 1. The maximum absolute atomic E-state index is 13.4. The van der Waals surface area contributed by atoms with Crippen LogP contribution in [-0.4, -0.2) is 22.7 Å². The second-order valence-corrected chi connectivity index (χ2v) is 4.12. The molecule has 4 N–H and O–H groups in total. The van der Waals surface area contributed by atoms with E-state index in [9.17, 15) is 13.9 Å². The summed E-state index contributed by atoms with van der Waals surface area (Å²) in [6, 6.07) is 7.66. The van der Waals surface area contributed by atoms with Gasteiger partial charge in [0.25, 0.3) is 5.92 Å². The summed E-state index contributed by atoms with van der Waals surface area (Å²) in [6.07, 6.45) is 0. The van der Waals surface area contributed by atoms with Crippen LogP contribution in [0.25, 0.3) is 10.8 Å². The smallest absolute Gasteiger partial charge is 0.289 e. The molecule has 0 aromatic heterocycles. The first-order valence-corrected chi connectivity index (χ1v) is 5.42. The van der Waals surface area contributed by atoms with Crippen LogP contribution in [0.1, 0.15) is 11.6 Å². The molecule has 0 bridgehead atoms. The molecule has 3 nitrogen and oxygen atoms in total. The van der Waals surface area contributed by atoms with Gasteiger partial charge in [0, 0.05) is 5.39 Å². The summed E-state index contributed by atoms with van der Waals surface area (Å²) in [7, 11) is 0. The van der Waals surface area contributed by atoms with E-state index < -0.39 is 18.6 Å². The van der Waals surface area contributed by atoms with Crippen molar-refractivity contribution in [3.05, 3.63) is 42.0 Å². The highest BCUT2D eigenvalue weighted by Gasteiger charge is 2.38. The number of aliphatic hydroxyl groups excluding tert-OH is 1. The predicted octanol–water partition coefficient (Wildman–Crippen LogP) is 2.59. The maximum Gasteiger partial charge on any atom is 0.289 e. The minimum Gasteiger partial charge on any atom is -0.507 e. The van der Waals surface area contributed by atoms with Gasteiger partial charge in [-0.2, -0.15) is 0 Å². The van der Waals surface area contributed by atoms with Gasteiger partial charge in [0.15, 0.2) is 0 Å². The second kappa shape index (κ2) is 5.69. The van der Waals surface area contributed by atoms with Crippen LogP contribution in [0.5, 0.6) is 5.75 Å². The van der Waals surface area contributed by atoms with E-state index in [-0.39, 0.29) is 23.7 Å². The van der Waals surface area contributed by atoms with Crippen molar-refractivity contribution in [2.24, 2.45) is 5.73 Å². The molecule has 0 radical (unpaired) electrons. The molecule has 19 heavy (non-hydrogen) atoms. The number of nitrogens with two attached hydrogens (primary N) is 1. The first-order valence-electron chi connectivity index (χ1n) is 5.42. The largest absolute Gasteiger partial charge is 0.507 e. The molecule has 2 rings (SSSR count). The molecule has 0 spiro atoms. The van der Waals surface area contributed by atoms with Gasteiger partial charge >= 0.3 is 0 Å². The van der Waals surface area contributed by atoms with E-state index in [0.29, 0.717) is 10.8 Å². The third-order valence-corrected chi connectivity index (χ3v) is 2.94. The van der Waals surface area contributed by atoms with E-state index in [4.69, 9.17) is 10.8 Å². The molecule has 1 atom stereocenters. The van der Waals surface area contributed by atoms with Crippen molar-refractivity contribution in [1.82, 2.24) is 0 Å². The summed E-state index contributed by atoms with van der Waals surface area (Å²) in [5.74, 6) is -3.39. The minimum atomic E-state index is -3.40. The normalized spacial score (nSPS) is 13.1. The lowest BCUT2D eigenvalue weighted by molar-refractivity contribution is -0.0708. The third-order valence-electron chi connectivity index (χ3n) is 2.94. The van der Waals surface area contributed by atoms with Crippen molar-refractivity contribution in [3.8, 4) is 5.75 Å². The number of benzene rings is 2. The van der Waals surface area contributed by atoms with Crippen LogP contribution in [0.3, 0.4) is 0 Å². The first-order chi connectivity index (χ1) is 8.47. The average molecular weight is 290 g/mol. The number of halogens is 3. The molecule has 0 heterocycles. The van der Waals surface area contributed by atoms with Crippen molar-refractivity contribution in [2.75, 3.05) is 6.61 Å². The number of fused-ring (bicyclic) bond motifs is 1. The van der Waals surface area contributed by atoms with Gasteiger partial charge in [0.2, 0.25) is 0 Å². The molecule has 6 heteroatoms. The standard InChI is InChI=1S/C13H13F2NO2.ClH/c14-13(15,7-17)12(16)10-5-6-11(18)9-4-2-1-3-8(9)10;/h1-6,12,17-18H,7,16H2;1H/t12-;/m0./s1. The molecule has 0 saturated heterocycles. The number of hydrogen-bond acceptors (Lipinski definition) is 3. The summed E-state index contributed by atoms with van der Waals surface area (Å²) in [6.45, 7) is -1.32. The van der Waals surface area contributed by atoms with E-state index in [1.165, 1.54) is 12.1 Å². The zero-order valence-electron chi connectivity index (χ0n) is 9.88. The van der Waals surface area contributed by atoms with Crippen molar-refractivity contribution >= 4 is 23.2 Å². The summed E-state index contributed by atoms with van der Waals surface area (Å²) in [5, 5.41) is 19.2. The molecule has 2 aromatic rings. The van der Waals surface area contributed by atoms with E-state index in [1.54, 1.807) is 24.3 Å². The molecule has 0 aliphatic heterocycles. The Hall–Kier alpha value is -1.43. The number of hydrogen-bond donors (Lipinski definition) is 3. The second-order valence-electron chi connectivity index (χ2n) is 4.12. The molecule has 104 valence electrons. The highest BCUT2D eigenvalue weighted by molar-refractivity contribution is 5.91. The fourth-order valence-electron chi connectivity index (χ4n) is 1.90. The topological polar surface area (TPSA) is 66.5 Å². The highest BCUT2D eigenvalue weighted by atomic mass is 35.5. The van der Waals surface area contributed by atoms with Crippen LogP contribution >= 0.6 is 12.4 Å². The quantitative estimate of drug-likeness (QED) is 0.814. The molecule has 0 saturated carbocycles. The van der Waals surface area contributed by atoms with Gasteiger partial charge in [-0.1, -0.05) is 30.3 Å². The Morgan fingerprint density at radius 2 is 1.68 bits per heavy atom. The van der Waals surface area contributed by atoms with Crippen LogP contribution in [-0.2, 0) is 0 Å². The van der Waals surface area contributed by atoms with Gasteiger partial charge < -0.3 is 15.9 Å². The summed E-state index contributed by atoms with van der Waals surface area (Å²) >= 11 is 0. The lowest BCUT2D eigenvalue weighted by Crippen LogP contribution is -2.36. The maximum atomic E-state index is 13.4. The van der Waals surface area contributed by atoms with Crippen molar-refractivity contribution in [2.45, 2.75) is 12.0 Å². The SMILES string of the molecule is Cl.N[C@@H](c1ccc(O)c2ccccc12)C(F)(F)CO. The molecular weight excluding hydrogens is 276 g/mol. The Balaban J connectivity index is 0.00000180. The van der Waals surface area contributed by atoms with Gasteiger partial charge in [-0.15, -0.1) is 12.4 Å². The van der Waals surface area contributed by atoms with E-state index in [2.05, 4.69) is 0 Å². The average Bonchev–Trinajstić information content (AvgIpc) is 2.39. The monoisotopic (exact) mass is 289 g/mol. The summed E-state index contributed by atoms with van der Waals surface area (Å²) in [4.78, 5) is 0. The van der Waals surface area contributed by atoms with Crippen LogP contribution in [0.2, 0.25) is 0 Å². The molecule has 0 fully saturated rings. The molecule has 2 aromatic carbocycles. The van der Waals surface area contributed by atoms with Gasteiger partial charge in [0.1, 0.15) is 12.4 Å². The number of aliphatic hydroxyl groups is 1. The van der Waals surface area contributed by atoms with Gasteiger partial charge in [-0.3, -0.25) is 0 Å². The van der Waals surface area contributed by atoms with Gasteiger partial charge in [-0.25, -0.2) is 8.78 Å². The Morgan fingerprint density at radius 3 is 2.26 bits per heavy atom. The van der Waals surface area contributed by atoms with E-state index in [1.807, 2.05) is 0 Å². The number of rotatable bonds is 3. The lowest BCUT2D eigenvalue weighted by atomic mass is 9.95. The lowest BCUT2D eigenvalue weighted by Gasteiger charge is -2.23. The number of alkyl halides is 2. The number of aromatic hydroxyl groups is 1. The summed E-state index contributed by atoms with van der Waals surface area (Å²) in [5.41, 5.74) is 5.70. The van der Waals surface area contributed by atoms with Crippen LogP contribution < -0.4 is 5.73 Å². The molecule has 0 amide bonds. The Bertz CT molecular complexity index is 578. The molecule has 0 aliphatic carbocycles. The molecule has 0 aliphatic rings. The third kappa shape index (κ3) is 2.78. The van der Waals surface area contributed by atoms with Crippen LogP contribution in [0.4, 0.5) is 8.78 Å². The highest BCUT2D eigenvalue weighted by Crippen LogP contribution is 2.35. The van der Waals surface area contributed by atoms with Crippen LogP contribution in [0, 0.1) is 0 Å². The van der Waals surface area contributed by atoms with Crippen molar-refractivity contribution in [3.63, 3.8) is 0 Å². The van der Waals surface area contributed by atoms with Crippen LogP contribution in [0.15, 0.2) is 36.4 Å². The fraction of sp³-hybridized carbons (Fsp3) is 0.231. The van der Waals surface area contributed by atoms with Crippen molar-refractivity contribution in [1.29, 1.82) is 0 Å². The zero-order valence-corrected chi connectivity index (χ0v) is 10.7. The van der Waals surface area contributed by atoms with Gasteiger partial charge in [0.05, 0.1) is 6.04 Å². The Kier molecular flexibility index (Phi) is 4.68. The van der Waals surface area contributed by atoms with Crippen molar-refractivity contribution < 1.29 is 19.0 Å². The molecule has 0 unspecified atom stereocenters. The molecular formula is C13H14ClF2NO2. The predicted molar refractivity (Wildman–Crippen MR) is 71.8 cm³/mol. The Labute approximate surface area is 115 Å². The van der Waals surface area contributed by atoms with E-state index in [0.717, 1.165) is 0 Å².